The van der Waals surface area contributed by atoms with Crippen LogP contribution in [0.5, 0.6) is 11.5 Å². The number of sulfonamides is 1. The molecule has 3 N–H and O–H groups in total. The highest BCUT2D eigenvalue weighted by molar-refractivity contribution is 7.92. The minimum Gasteiger partial charge on any atom is -0.457 e. The van der Waals surface area contributed by atoms with Gasteiger partial charge in [0, 0.05) is 6.04 Å². The fraction of sp³-hybridized carbons (Fsp3) is 0.409. The normalized spacial score (nSPS) is 15.7. The molecule has 0 aromatic heterocycles. The summed E-state index contributed by atoms with van der Waals surface area (Å²) in [6, 6.07) is 13.8. The zero-order valence-electron chi connectivity index (χ0n) is 17.4. The molecule has 3 rings (SSSR count). The molecule has 0 spiro atoms. The summed E-state index contributed by atoms with van der Waals surface area (Å²) < 4.78 is 31.9. The Hall–Kier alpha value is -2.58. The average molecular weight is 432 g/mol. The van der Waals surface area contributed by atoms with Crippen molar-refractivity contribution in [2.75, 3.05) is 17.1 Å². The third-order valence-corrected chi connectivity index (χ3v) is 6.43. The summed E-state index contributed by atoms with van der Waals surface area (Å²) in [4.78, 5) is 12.0. The van der Waals surface area contributed by atoms with E-state index in [1.807, 2.05) is 31.2 Å². The molecule has 0 radical (unpaired) electrons. The number of ether oxygens (including phenoxy) is 1. The number of hydrogen-bond donors (Lipinski definition) is 2. The Kier molecular flexibility index (Phi) is 6.99. The lowest BCUT2D eigenvalue weighted by Gasteiger charge is -2.28. The molecular weight excluding hydrogens is 402 g/mol. The number of nitrogens with one attached hydrogen (secondary N) is 1. The molecule has 2 aromatic carbocycles. The Morgan fingerprint density at radius 1 is 1.10 bits per heavy atom. The van der Waals surface area contributed by atoms with Crippen LogP contribution < -0.4 is 20.1 Å². The number of benzene rings is 2. The second-order valence-electron chi connectivity index (χ2n) is 7.81. The van der Waals surface area contributed by atoms with Gasteiger partial charge in [0.15, 0.2) is 0 Å². The number of carbonyl (C=O) groups is 1. The van der Waals surface area contributed by atoms with E-state index in [9.17, 15) is 13.2 Å². The van der Waals surface area contributed by atoms with Gasteiger partial charge in [-0.05, 0) is 56.2 Å². The molecule has 7 nitrogen and oxygen atoms in total. The van der Waals surface area contributed by atoms with Crippen LogP contribution in [0.25, 0.3) is 0 Å². The molecule has 1 fully saturated rings. The fourth-order valence-electron chi connectivity index (χ4n) is 3.62. The topological polar surface area (TPSA) is 102 Å². The summed E-state index contributed by atoms with van der Waals surface area (Å²) in [5.74, 6) is 0.726. The number of primary amides is 1. The van der Waals surface area contributed by atoms with Crippen molar-refractivity contribution in [1.82, 2.24) is 5.32 Å². The van der Waals surface area contributed by atoms with Crippen molar-refractivity contribution >= 4 is 21.6 Å². The highest BCUT2D eigenvalue weighted by atomic mass is 32.2. The molecule has 1 aliphatic carbocycles. The van der Waals surface area contributed by atoms with Gasteiger partial charge in [-0.2, -0.15) is 0 Å². The van der Waals surface area contributed by atoms with E-state index >= 15 is 0 Å². The van der Waals surface area contributed by atoms with Crippen LogP contribution in [0.15, 0.2) is 48.5 Å². The summed E-state index contributed by atoms with van der Waals surface area (Å²) in [6.07, 6.45) is 5.25. The Morgan fingerprint density at radius 2 is 1.63 bits per heavy atom. The largest absolute Gasteiger partial charge is 0.457 e. The fourth-order valence-corrected chi connectivity index (χ4v) is 4.55. The first-order valence-corrected chi connectivity index (χ1v) is 11.9. The first kappa shape index (κ1) is 22.1. The molecule has 1 aliphatic rings. The number of nitrogens with two attached hydrogens (primary N) is 1. The van der Waals surface area contributed by atoms with Crippen molar-refractivity contribution in [2.45, 2.75) is 44.7 Å². The van der Waals surface area contributed by atoms with Crippen LogP contribution >= 0.6 is 0 Å². The monoisotopic (exact) mass is 431 g/mol. The van der Waals surface area contributed by atoms with Gasteiger partial charge in [-0.3, -0.25) is 9.10 Å². The van der Waals surface area contributed by atoms with Crippen molar-refractivity contribution in [3.63, 3.8) is 0 Å². The van der Waals surface area contributed by atoms with Gasteiger partial charge in [0.1, 0.15) is 17.5 Å². The van der Waals surface area contributed by atoms with Crippen LogP contribution in [0.3, 0.4) is 0 Å². The zero-order valence-corrected chi connectivity index (χ0v) is 18.2. The highest BCUT2D eigenvalue weighted by Crippen LogP contribution is 2.26. The van der Waals surface area contributed by atoms with Crippen LogP contribution in [-0.2, 0) is 14.8 Å². The smallest absolute Gasteiger partial charge is 0.236 e. The summed E-state index contributed by atoms with van der Waals surface area (Å²) in [6.45, 7) is 1.95. The molecule has 1 amide bonds. The van der Waals surface area contributed by atoms with Gasteiger partial charge in [0.05, 0.1) is 18.5 Å². The van der Waals surface area contributed by atoms with E-state index in [-0.39, 0.29) is 12.6 Å². The number of anilines is 1. The van der Waals surface area contributed by atoms with Gasteiger partial charge in [0.2, 0.25) is 15.9 Å². The molecule has 0 bridgehead atoms. The number of aryl methyl sites for hydroxylation is 1. The first-order valence-electron chi connectivity index (χ1n) is 10.1. The van der Waals surface area contributed by atoms with Gasteiger partial charge < -0.3 is 15.8 Å². The third kappa shape index (κ3) is 5.96. The lowest BCUT2D eigenvalue weighted by Crippen LogP contribution is -2.53. The number of hydrogen-bond acceptors (Lipinski definition) is 5. The Labute approximate surface area is 178 Å². The molecule has 30 heavy (non-hydrogen) atoms. The highest BCUT2D eigenvalue weighted by Gasteiger charge is 2.28. The molecule has 0 saturated heterocycles. The predicted octanol–water partition coefficient (Wildman–Crippen LogP) is 2.94. The van der Waals surface area contributed by atoms with Crippen LogP contribution in [-0.4, -0.2) is 39.2 Å². The van der Waals surface area contributed by atoms with Crippen LogP contribution in [0.2, 0.25) is 0 Å². The summed E-state index contributed by atoms with van der Waals surface area (Å²) in [7, 11) is -3.61. The lowest BCUT2D eigenvalue weighted by atomic mass is 10.2. The average Bonchev–Trinajstić information content (AvgIpc) is 3.20. The van der Waals surface area contributed by atoms with Gasteiger partial charge in [-0.15, -0.1) is 0 Å². The standard InChI is InChI=1S/C22H29N3O4S/c1-16-7-11-19(12-8-16)29-20-13-9-18(10-14-20)25(30(2,27)28)15-21(22(23)26)24-17-5-3-4-6-17/h7-14,17,21,24H,3-6,15H2,1-2H3,(H2,23,26)/t21-/m0/s1. The van der Waals surface area contributed by atoms with Crippen molar-refractivity contribution in [3.05, 3.63) is 54.1 Å². The van der Waals surface area contributed by atoms with E-state index < -0.39 is 22.0 Å². The van der Waals surface area contributed by atoms with Gasteiger partial charge >= 0.3 is 0 Å². The van der Waals surface area contributed by atoms with Crippen molar-refractivity contribution in [3.8, 4) is 11.5 Å². The van der Waals surface area contributed by atoms with Crippen LogP contribution in [0.4, 0.5) is 5.69 Å². The van der Waals surface area contributed by atoms with Crippen molar-refractivity contribution < 1.29 is 17.9 Å². The maximum absolute atomic E-state index is 12.4. The first-order chi connectivity index (χ1) is 14.2. The quantitative estimate of drug-likeness (QED) is 0.636. The summed E-state index contributed by atoms with van der Waals surface area (Å²) in [5.41, 5.74) is 7.15. The number of carbonyl (C=O) groups excluding carboxylic acids is 1. The predicted molar refractivity (Wildman–Crippen MR) is 118 cm³/mol. The Bertz CT molecular complexity index is 953. The Balaban J connectivity index is 1.75. The Morgan fingerprint density at radius 3 is 2.13 bits per heavy atom. The van der Waals surface area contributed by atoms with E-state index in [1.54, 1.807) is 24.3 Å². The molecular formula is C22H29N3O4S. The molecule has 0 unspecified atom stereocenters. The third-order valence-electron chi connectivity index (χ3n) is 5.27. The van der Waals surface area contributed by atoms with Crippen LogP contribution in [0.1, 0.15) is 31.2 Å². The van der Waals surface area contributed by atoms with E-state index in [2.05, 4.69) is 5.32 Å². The molecule has 0 aliphatic heterocycles. The molecule has 162 valence electrons. The van der Waals surface area contributed by atoms with Gasteiger partial charge in [-0.1, -0.05) is 30.5 Å². The number of rotatable bonds is 9. The van der Waals surface area contributed by atoms with Crippen molar-refractivity contribution in [1.29, 1.82) is 0 Å². The summed E-state index contributed by atoms with van der Waals surface area (Å²) in [5, 5.41) is 3.23. The van der Waals surface area contributed by atoms with E-state index in [4.69, 9.17) is 10.5 Å². The maximum Gasteiger partial charge on any atom is 0.236 e. The minimum absolute atomic E-state index is 0.0527. The summed E-state index contributed by atoms with van der Waals surface area (Å²) >= 11 is 0. The van der Waals surface area contributed by atoms with E-state index in [0.717, 1.165) is 37.5 Å². The van der Waals surface area contributed by atoms with Gasteiger partial charge in [-0.25, -0.2) is 8.42 Å². The molecule has 1 saturated carbocycles. The second-order valence-corrected chi connectivity index (χ2v) is 9.71. The molecule has 1 atom stereocenters. The maximum atomic E-state index is 12.4. The minimum atomic E-state index is -3.61. The zero-order chi connectivity index (χ0) is 21.7. The van der Waals surface area contributed by atoms with Gasteiger partial charge in [0.25, 0.3) is 0 Å². The molecule has 8 heteroatoms. The number of nitrogens with zero attached hydrogens (tertiary/aromatic N) is 1. The second kappa shape index (κ2) is 9.49. The SMILES string of the molecule is Cc1ccc(Oc2ccc(N(C[C@H](NC3CCCC3)C(N)=O)S(C)(=O)=O)cc2)cc1. The van der Waals surface area contributed by atoms with Crippen molar-refractivity contribution in [2.24, 2.45) is 5.73 Å². The lowest BCUT2D eigenvalue weighted by molar-refractivity contribution is -0.119. The molecule has 2 aromatic rings. The number of amides is 1. The molecule has 0 heterocycles. The van der Waals surface area contributed by atoms with E-state index in [1.165, 1.54) is 4.31 Å². The van der Waals surface area contributed by atoms with Crippen LogP contribution in [0, 0.1) is 6.92 Å². The van der Waals surface area contributed by atoms with E-state index in [0.29, 0.717) is 17.2 Å².